The van der Waals surface area contributed by atoms with Crippen molar-refractivity contribution < 1.29 is 18.3 Å². The average molecular weight is 516 g/mol. The summed E-state index contributed by atoms with van der Waals surface area (Å²) in [5.41, 5.74) is 5.55. The van der Waals surface area contributed by atoms with Crippen LogP contribution in [0, 0.1) is 6.92 Å². The van der Waals surface area contributed by atoms with Gasteiger partial charge in [0.05, 0.1) is 12.4 Å². The maximum atomic E-state index is 11.4. The number of halogens is 1. The van der Waals surface area contributed by atoms with Crippen molar-refractivity contribution in [1.82, 2.24) is 10.3 Å². The lowest BCUT2D eigenvalue weighted by atomic mass is 10.1. The highest BCUT2D eigenvalue weighted by molar-refractivity contribution is 7.92. The molecule has 186 valence electrons. The van der Waals surface area contributed by atoms with Crippen molar-refractivity contribution >= 4 is 39.0 Å². The first kappa shape index (κ1) is 26.6. The third kappa shape index (κ3) is 6.99. The van der Waals surface area contributed by atoms with Gasteiger partial charge in [0.25, 0.3) is 0 Å². The number of anilines is 1. The summed E-state index contributed by atoms with van der Waals surface area (Å²) in [5, 5.41) is 14.8. The number of sulfonamides is 1. The number of fused-ring (bicyclic) bond motifs is 1. The Labute approximate surface area is 212 Å². The Morgan fingerprint density at radius 3 is 2.54 bits per heavy atom. The summed E-state index contributed by atoms with van der Waals surface area (Å²) >= 11 is 0. The number of hydrogen-bond acceptors (Lipinski definition) is 5. The molecule has 4 rings (SSSR count). The van der Waals surface area contributed by atoms with Crippen LogP contribution in [0.2, 0.25) is 0 Å². The van der Waals surface area contributed by atoms with Crippen molar-refractivity contribution in [1.29, 1.82) is 0 Å². The van der Waals surface area contributed by atoms with Crippen LogP contribution < -0.4 is 14.8 Å². The minimum absolute atomic E-state index is 0. The normalized spacial score (nSPS) is 12.2. The molecule has 7 nitrogen and oxygen atoms in total. The second kappa shape index (κ2) is 11.6. The number of nitrogens with one attached hydrogen (secondary N) is 3. The summed E-state index contributed by atoms with van der Waals surface area (Å²) < 4.78 is 31.1. The van der Waals surface area contributed by atoms with Gasteiger partial charge in [-0.2, -0.15) is 0 Å². The first-order chi connectivity index (χ1) is 16.3. The van der Waals surface area contributed by atoms with Crippen molar-refractivity contribution in [2.24, 2.45) is 0 Å². The Bertz CT molecular complexity index is 1370. The van der Waals surface area contributed by atoms with Crippen LogP contribution in [0.1, 0.15) is 17.2 Å². The fourth-order valence-electron chi connectivity index (χ4n) is 3.92. The quantitative estimate of drug-likeness (QED) is 0.230. The largest absolute Gasteiger partial charge is 0.492 e. The molecule has 0 saturated heterocycles. The van der Waals surface area contributed by atoms with E-state index in [1.807, 2.05) is 30.3 Å². The topological polar surface area (TPSA) is 103 Å². The molecule has 0 radical (unpaired) electrons. The summed E-state index contributed by atoms with van der Waals surface area (Å²) in [6, 6.07) is 23.0. The molecule has 1 unspecified atom stereocenters. The number of hydrogen-bond donors (Lipinski definition) is 4. The molecule has 1 aromatic heterocycles. The van der Waals surface area contributed by atoms with E-state index in [-0.39, 0.29) is 12.4 Å². The number of benzene rings is 3. The highest BCUT2D eigenvalue weighted by Gasteiger charge is 2.11. The molecule has 4 N–H and O–H groups in total. The third-order valence-corrected chi connectivity index (χ3v) is 6.16. The van der Waals surface area contributed by atoms with Gasteiger partial charge in [0.15, 0.2) is 0 Å². The second-order valence-electron chi connectivity index (χ2n) is 8.27. The highest BCUT2D eigenvalue weighted by Crippen LogP contribution is 2.31. The van der Waals surface area contributed by atoms with Gasteiger partial charge < -0.3 is 20.1 Å². The van der Waals surface area contributed by atoms with Gasteiger partial charge in [-0.05, 0) is 47.9 Å². The van der Waals surface area contributed by atoms with Gasteiger partial charge in [-0.3, -0.25) is 4.72 Å². The summed E-state index contributed by atoms with van der Waals surface area (Å²) in [7, 11) is -3.37. The number of aliphatic hydroxyl groups excluding tert-OH is 1. The Balaban J connectivity index is 0.00000342. The van der Waals surface area contributed by atoms with Crippen LogP contribution in [0.3, 0.4) is 0 Å². The Kier molecular flexibility index (Phi) is 8.80. The monoisotopic (exact) mass is 515 g/mol. The first-order valence-corrected chi connectivity index (χ1v) is 13.0. The van der Waals surface area contributed by atoms with Gasteiger partial charge in [0, 0.05) is 41.4 Å². The van der Waals surface area contributed by atoms with Gasteiger partial charge in [-0.1, -0.05) is 42.5 Å². The Morgan fingerprint density at radius 2 is 1.80 bits per heavy atom. The number of aromatic nitrogens is 1. The number of aliphatic hydroxyl groups is 1. The van der Waals surface area contributed by atoms with Gasteiger partial charge in [-0.15, -0.1) is 12.4 Å². The molecule has 4 aromatic rings. The van der Waals surface area contributed by atoms with Crippen LogP contribution in [-0.2, 0) is 10.0 Å². The maximum absolute atomic E-state index is 11.4. The molecule has 0 amide bonds. The van der Waals surface area contributed by atoms with Crippen molar-refractivity contribution in [2.75, 3.05) is 30.7 Å². The number of aryl methyl sites for hydroxylation is 1. The number of rotatable bonds is 10. The van der Waals surface area contributed by atoms with E-state index in [2.05, 4.69) is 40.1 Å². The predicted molar refractivity (Wildman–Crippen MR) is 144 cm³/mol. The number of aromatic amines is 1. The third-order valence-electron chi connectivity index (χ3n) is 5.55. The number of H-pyrrole nitrogens is 1. The van der Waals surface area contributed by atoms with E-state index >= 15 is 0 Å². The zero-order chi connectivity index (χ0) is 24.1. The predicted octanol–water partition coefficient (Wildman–Crippen LogP) is 4.64. The highest BCUT2D eigenvalue weighted by atomic mass is 35.5. The zero-order valence-electron chi connectivity index (χ0n) is 19.6. The average Bonchev–Trinajstić information content (AvgIpc) is 3.14. The lowest BCUT2D eigenvalue weighted by Crippen LogP contribution is -2.26. The zero-order valence-corrected chi connectivity index (χ0v) is 21.2. The molecule has 0 saturated carbocycles. The van der Waals surface area contributed by atoms with Gasteiger partial charge in [0.1, 0.15) is 12.4 Å². The van der Waals surface area contributed by atoms with E-state index < -0.39 is 16.1 Å². The summed E-state index contributed by atoms with van der Waals surface area (Å²) in [6.45, 7) is 3.43. The molecular formula is C26H30ClN3O4S. The molecule has 0 aliphatic heterocycles. The van der Waals surface area contributed by atoms with Gasteiger partial charge >= 0.3 is 0 Å². The smallest absolute Gasteiger partial charge is 0.229 e. The van der Waals surface area contributed by atoms with Crippen molar-refractivity contribution in [2.45, 2.75) is 13.0 Å². The molecule has 35 heavy (non-hydrogen) atoms. The standard InChI is InChI=1S/C26H29N3O4S.ClH/c1-18-23-12-11-22(16-24(23)28-26(18)19-7-4-3-5-8-19)33-14-13-27-17-25(30)20-9-6-10-21(15-20)29-34(2,31)32;/h3-12,15-16,25,27-30H,13-14,17H2,1-2H3;1H. The molecule has 1 heterocycles. The fraction of sp³-hybridized carbons (Fsp3) is 0.231. The van der Waals surface area contributed by atoms with Crippen LogP contribution in [0.15, 0.2) is 72.8 Å². The number of ether oxygens (including phenoxy) is 1. The van der Waals surface area contributed by atoms with E-state index in [0.29, 0.717) is 30.9 Å². The minimum Gasteiger partial charge on any atom is -0.492 e. The van der Waals surface area contributed by atoms with Crippen LogP contribution in [0.4, 0.5) is 5.69 Å². The molecular weight excluding hydrogens is 486 g/mol. The van der Waals surface area contributed by atoms with Crippen molar-refractivity contribution in [3.05, 3.63) is 83.9 Å². The van der Waals surface area contributed by atoms with E-state index in [9.17, 15) is 13.5 Å². The van der Waals surface area contributed by atoms with Crippen LogP contribution in [0.5, 0.6) is 5.75 Å². The van der Waals surface area contributed by atoms with Crippen molar-refractivity contribution in [3.8, 4) is 17.0 Å². The maximum Gasteiger partial charge on any atom is 0.229 e. The Morgan fingerprint density at radius 1 is 1.03 bits per heavy atom. The molecule has 0 fully saturated rings. The van der Waals surface area contributed by atoms with Gasteiger partial charge in [0.2, 0.25) is 10.0 Å². The van der Waals surface area contributed by atoms with E-state index in [4.69, 9.17) is 4.74 Å². The van der Waals surface area contributed by atoms with Crippen LogP contribution in [-0.4, -0.2) is 44.5 Å². The first-order valence-electron chi connectivity index (χ1n) is 11.1. The minimum atomic E-state index is -3.37. The molecule has 1 atom stereocenters. The summed E-state index contributed by atoms with van der Waals surface area (Å²) in [6.07, 6.45) is 0.324. The van der Waals surface area contributed by atoms with Crippen molar-refractivity contribution in [3.63, 3.8) is 0 Å². The van der Waals surface area contributed by atoms with Gasteiger partial charge in [-0.25, -0.2) is 8.42 Å². The van der Waals surface area contributed by atoms with E-state index in [1.54, 1.807) is 24.3 Å². The van der Waals surface area contributed by atoms with E-state index in [1.165, 1.54) is 10.9 Å². The summed E-state index contributed by atoms with van der Waals surface area (Å²) in [5.74, 6) is 0.773. The SMILES string of the molecule is Cc1c(-c2ccccc2)[nH]c2cc(OCCNCC(O)c3cccc(NS(C)(=O)=O)c3)ccc12.Cl. The molecule has 0 bridgehead atoms. The fourth-order valence-corrected chi connectivity index (χ4v) is 4.48. The van der Waals surface area contributed by atoms with E-state index in [0.717, 1.165) is 28.8 Å². The van der Waals surface area contributed by atoms with Crippen LogP contribution >= 0.6 is 12.4 Å². The molecule has 9 heteroatoms. The molecule has 0 aliphatic rings. The molecule has 3 aromatic carbocycles. The molecule has 0 aliphatic carbocycles. The second-order valence-corrected chi connectivity index (χ2v) is 10.0. The van der Waals surface area contributed by atoms with Crippen LogP contribution in [0.25, 0.3) is 22.2 Å². The lowest BCUT2D eigenvalue weighted by Gasteiger charge is -2.14. The molecule has 0 spiro atoms. The Hall–Kier alpha value is -3.04. The summed E-state index contributed by atoms with van der Waals surface area (Å²) in [4.78, 5) is 3.50. The lowest BCUT2D eigenvalue weighted by molar-refractivity contribution is 0.172.